The van der Waals surface area contributed by atoms with Crippen molar-refractivity contribution in [1.29, 1.82) is 0 Å². The molecule has 28 heavy (non-hydrogen) atoms. The number of rotatable bonds is 8. The molecule has 0 bridgehead atoms. The van der Waals surface area contributed by atoms with Gasteiger partial charge in [0.2, 0.25) is 0 Å². The maximum Gasteiger partial charge on any atom is 0.387 e. The Hall–Kier alpha value is -2.50. The summed E-state index contributed by atoms with van der Waals surface area (Å²) >= 11 is 0. The normalized spacial score (nSPS) is 10.9. The second kappa shape index (κ2) is 12.1. The number of nitro groups is 1. The van der Waals surface area contributed by atoms with Crippen molar-refractivity contribution in [2.75, 3.05) is 6.54 Å². The van der Waals surface area contributed by atoms with E-state index in [1.54, 1.807) is 30.3 Å². The van der Waals surface area contributed by atoms with Crippen LogP contribution in [0.15, 0.2) is 53.5 Å². The second-order valence-corrected chi connectivity index (χ2v) is 5.46. The quantitative estimate of drug-likeness (QED) is 0.185. The molecule has 0 aromatic heterocycles. The van der Waals surface area contributed by atoms with Gasteiger partial charge in [-0.25, -0.2) is 4.99 Å². The summed E-state index contributed by atoms with van der Waals surface area (Å²) in [6.07, 6.45) is 0. The van der Waals surface area contributed by atoms with Crippen molar-refractivity contribution in [3.05, 3.63) is 69.8 Å². The number of nitrogens with zero attached hydrogens (tertiary/aromatic N) is 2. The molecule has 0 unspecified atom stereocenters. The van der Waals surface area contributed by atoms with E-state index in [-0.39, 0.29) is 42.0 Å². The number of halogens is 3. The summed E-state index contributed by atoms with van der Waals surface area (Å²) in [7, 11) is 0. The van der Waals surface area contributed by atoms with Crippen LogP contribution in [-0.4, -0.2) is 24.0 Å². The van der Waals surface area contributed by atoms with Gasteiger partial charge in [-0.15, -0.1) is 24.0 Å². The topological polar surface area (TPSA) is 88.8 Å². The molecule has 2 N–H and O–H groups in total. The zero-order valence-corrected chi connectivity index (χ0v) is 17.4. The van der Waals surface area contributed by atoms with Gasteiger partial charge in [-0.2, -0.15) is 8.78 Å². The summed E-state index contributed by atoms with van der Waals surface area (Å²) in [6.45, 7) is 0.172. The maximum absolute atomic E-state index is 12.5. The van der Waals surface area contributed by atoms with Crippen LogP contribution in [0.5, 0.6) is 5.75 Å². The van der Waals surface area contributed by atoms with Gasteiger partial charge in [-0.1, -0.05) is 30.3 Å². The lowest BCUT2D eigenvalue weighted by Gasteiger charge is -2.14. The molecule has 0 aliphatic heterocycles. The number of ether oxygens (including phenoxy) is 1. The fourth-order valence-corrected chi connectivity index (χ4v) is 2.27. The molecule has 0 radical (unpaired) electrons. The van der Waals surface area contributed by atoms with Crippen LogP contribution < -0.4 is 15.4 Å². The fraction of sp³-hybridized carbons (Fsp3) is 0.278. The van der Waals surface area contributed by atoms with E-state index < -0.39 is 11.5 Å². The summed E-state index contributed by atoms with van der Waals surface area (Å²) in [5, 5.41) is 16.8. The molecule has 2 aromatic rings. The van der Waals surface area contributed by atoms with Crippen LogP contribution in [0.3, 0.4) is 0 Å². The Morgan fingerprint density at radius 2 is 1.86 bits per heavy atom. The van der Waals surface area contributed by atoms with E-state index in [2.05, 4.69) is 20.4 Å². The highest BCUT2D eigenvalue weighted by molar-refractivity contribution is 14.0. The van der Waals surface area contributed by atoms with Crippen molar-refractivity contribution in [2.45, 2.75) is 26.6 Å². The Labute approximate surface area is 178 Å². The number of non-ortho nitro benzene ring substituents is 1. The Bertz CT molecular complexity index is 789. The Balaban J connectivity index is 0.00000392. The molecule has 2 rings (SSSR count). The van der Waals surface area contributed by atoms with Crippen molar-refractivity contribution in [3.8, 4) is 5.75 Å². The number of benzene rings is 2. The zero-order chi connectivity index (χ0) is 19.6. The highest BCUT2D eigenvalue weighted by atomic mass is 127. The van der Waals surface area contributed by atoms with Crippen LogP contribution in [0.4, 0.5) is 14.5 Å². The number of guanidine groups is 1. The minimum absolute atomic E-state index is 0. The second-order valence-electron chi connectivity index (χ2n) is 5.46. The average Bonchev–Trinajstić information content (AvgIpc) is 2.65. The van der Waals surface area contributed by atoms with Gasteiger partial charge in [0.25, 0.3) is 5.69 Å². The third kappa shape index (κ3) is 7.62. The van der Waals surface area contributed by atoms with Gasteiger partial charge in [0, 0.05) is 30.8 Å². The van der Waals surface area contributed by atoms with Crippen LogP contribution in [-0.2, 0) is 13.1 Å². The smallest absolute Gasteiger partial charge is 0.387 e. The first-order chi connectivity index (χ1) is 13.0. The van der Waals surface area contributed by atoms with E-state index in [4.69, 9.17) is 0 Å². The van der Waals surface area contributed by atoms with E-state index in [1.807, 2.05) is 6.92 Å². The number of hydrogen-bond donors (Lipinski definition) is 2. The predicted octanol–water partition coefficient (Wildman–Crippen LogP) is 4.07. The van der Waals surface area contributed by atoms with Crippen LogP contribution in [0.25, 0.3) is 0 Å². The highest BCUT2D eigenvalue weighted by Crippen LogP contribution is 2.20. The molecule has 0 heterocycles. The summed E-state index contributed by atoms with van der Waals surface area (Å²) in [6, 6.07) is 12.6. The monoisotopic (exact) mass is 506 g/mol. The molecule has 0 saturated carbocycles. The number of alkyl halides is 2. The van der Waals surface area contributed by atoms with Gasteiger partial charge in [0.15, 0.2) is 5.96 Å². The van der Waals surface area contributed by atoms with E-state index in [9.17, 15) is 18.9 Å². The summed E-state index contributed by atoms with van der Waals surface area (Å²) in [4.78, 5) is 14.6. The molecule has 0 aliphatic rings. The molecular formula is C18H21F2IN4O3. The number of hydrogen-bond acceptors (Lipinski definition) is 4. The van der Waals surface area contributed by atoms with Crippen LogP contribution in [0, 0.1) is 10.1 Å². The van der Waals surface area contributed by atoms with Crippen molar-refractivity contribution >= 4 is 35.6 Å². The van der Waals surface area contributed by atoms with Crippen LogP contribution >= 0.6 is 24.0 Å². The van der Waals surface area contributed by atoms with Gasteiger partial charge in [-0.3, -0.25) is 10.1 Å². The predicted molar refractivity (Wildman–Crippen MR) is 113 cm³/mol. The largest absolute Gasteiger partial charge is 0.434 e. The van der Waals surface area contributed by atoms with Crippen molar-refractivity contribution < 1.29 is 18.4 Å². The summed E-state index contributed by atoms with van der Waals surface area (Å²) in [5.74, 6) is 0.592. The molecular weight excluding hydrogens is 485 g/mol. The molecule has 2 aromatic carbocycles. The number of nitro benzene ring substituents is 1. The third-order valence-electron chi connectivity index (χ3n) is 3.55. The number of aliphatic imine (C=N–C) groups is 1. The molecule has 10 heteroatoms. The number of para-hydroxylation sites is 1. The van der Waals surface area contributed by atoms with E-state index in [0.29, 0.717) is 24.6 Å². The van der Waals surface area contributed by atoms with E-state index in [1.165, 1.54) is 18.2 Å². The van der Waals surface area contributed by atoms with E-state index in [0.717, 1.165) is 5.56 Å². The first-order valence-corrected chi connectivity index (χ1v) is 8.27. The highest BCUT2D eigenvalue weighted by Gasteiger charge is 2.09. The molecule has 0 amide bonds. The average molecular weight is 506 g/mol. The van der Waals surface area contributed by atoms with Gasteiger partial charge in [-0.05, 0) is 18.6 Å². The SMILES string of the molecule is CCNC(=NCc1ccc([N+](=O)[O-])cc1)NCc1ccccc1OC(F)F.I. The third-order valence-corrected chi connectivity index (χ3v) is 3.55. The zero-order valence-electron chi connectivity index (χ0n) is 15.1. The molecule has 0 atom stereocenters. The van der Waals surface area contributed by atoms with Crippen molar-refractivity contribution in [1.82, 2.24) is 10.6 Å². The molecule has 152 valence electrons. The Kier molecular flexibility index (Phi) is 10.1. The first-order valence-electron chi connectivity index (χ1n) is 8.27. The van der Waals surface area contributed by atoms with Gasteiger partial charge >= 0.3 is 6.61 Å². The summed E-state index contributed by atoms with van der Waals surface area (Å²) < 4.78 is 29.5. The molecule has 0 fully saturated rings. The molecule has 0 aliphatic carbocycles. The molecule has 0 spiro atoms. The fourth-order valence-electron chi connectivity index (χ4n) is 2.27. The lowest BCUT2D eigenvalue weighted by atomic mass is 10.2. The maximum atomic E-state index is 12.5. The summed E-state index contributed by atoms with van der Waals surface area (Å²) in [5.41, 5.74) is 1.39. The minimum Gasteiger partial charge on any atom is -0.434 e. The van der Waals surface area contributed by atoms with Crippen molar-refractivity contribution in [2.24, 2.45) is 4.99 Å². The van der Waals surface area contributed by atoms with Gasteiger partial charge in [0.1, 0.15) is 5.75 Å². The standard InChI is InChI=1S/C18H20F2N4O3.HI/c1-2-21-18(22-11-13-7-9-15(10-8-13)24(25)26)23-12-14-5-3-4-6-16(14)27-17(19)20;/h3-10,17H,2,11-12H2,1H3,(H2,21,22,23);1H. The van der Waals surface area contributed by atoms with Crippen LogP contribution in [0.1, 0.15) is 18.1 Å². The first kappa shape index (κ1) is 23.5. The molecule has 7 nitrogen and oxygen atoms in total. The Morgan fingerprint density at radius 1 is 1.18 bits per heavy atom. The van der Waals surface area contributed by atoms with E-state index >= 15 is 0 Å². The lowest BCUT2D eigenvalue weighted by molar-refractivity contribution is -0.384. The Morgan fingerprint density at radius 3 is 2.46 bits per heavy atom. The lowest BCUT2D eigenvalue weighted by Crippen LogP contribution is -2.36. The number of nitrogens with one attached hydrogen (secondary N) is 2. The van der Waals surface area contributed by atoms with Crippen molar-refractivity contribution in [3.63, 3.8) is 0 Å². The van der Waals surface area contributed by atoms with Gasteiger partial charge in [0.05, 0.1) is 11.5 Å². The van der Waals surface area contributed by atoms with Crippen LogP contribution in [0.2, 0.25) is 0 Å². The van der Waals surface area contributed by atoms with Gasteiger partial charge < -0.3 is 15.4 Å². The minimum atomic E-state index is -2.89. The molecule has 0 saturated heterocycles.